The standard InChI is InChI=1S/C27H34BrN5O2/c1-19(31-14-9-15-33(4)18-21-10-5-6-11-22(21)27(34)35)16-26(23-12-7-8-13-25(23)29)32-20(2)24(28)17-30-3/h5-8,10-13,16-17,31H,9,14-15,18,29H2,1-4H3,(H,34,35)/b19-16+,24-20-,30-17?,32-26+. The van der Waals surface area contributed by atoms with Crippen LogP contribution in [0.1, 0.15) is 41.8 Å². The average Bonchev–Trinajstić information content (AvgIpc) is 2.82. The number of halogens is 1. The lowest BCUT2D eigenvalue weighted by molar-refractivity contribution is 0.0694. The number of nitrogens with zero attached hydrogens (tertiary/aromatic N) is 3. The number of anilines is 1. The number of carbonyl (C=O) groups is 1. The molecule has 0 unspecified atom stereocenters. The zero-order chi connectivity index (χ0) is 25.8. The van der Waals surface area contributed by atoms with Crippen LogP contribution in [0.4, 0.5) is 5.69 Å². The van der Waals surface area contributed by atoms with Gasteiger partial charge in [-0.05, 0) is 73.6 Å². The van der Waals surface area contributed by atoms with Crippen LogP contribution in [-0.4, -0.2) is 55.1 Å². The molecule has 0 heterocycles. The molecule has 35 heavy (non-hydrogen) atoms. The lowest BCUT2D eigenvalue weighted by Gasteiger charge is -2.18. The van der Waals surface area contributed by atoms with Crippen LogP contribution in [0.2, 0.25) is 0 Å². The fourth-order valence-corrected chi connectivity index (χ4v) is 3.76. The molecule has 0 radical (unpaired) electrons. The Morgan fingerprint density at radius 1 is 1.14 bits per heavy atom. The van der Waals surface area contributed by atoms with Crippen molar-refractivity contribution in [1.29, 1.82) is 0 Å². The van der Waals surface area contributed by atoms with E-state index in [4.69, 9.17) is 10.7 Å². The van der Waals surface area contributed by atoms with Gasteiger partial charge in [-0.3, -0.25) is 9.98 Å². The maximum atomic E-state index is 11.4. The number of carboxylic acid groups (broad SMARTS) is 1. The van der Waals surface area contributed by atoms with E-state index >= 15 is 0 Å². The van der Waals surface area contributed by atoms with Crippen molar-refractivity contribution < 1.29 is 9.90 Å². The van der Waals surface area contributed by atoms with E-state index in [-0.39, 0.29) is 0 Å². The molecule has 0 fully saturated rings. The van der Waals surface area contributed by atoms with Gasteiger partial charge in [0.2, 0.25) is 0 Å². The Kier molecular flexibility index (Phi) is 11.4. The summed E-state index contributed by atoms with van der Waals surface area (Å²) < 4.78 is 0.804. The second-order valence-corrected chi connectivity index (χ2v) is 9.07. The third-order valence-corrected chi connectivity index (χ3v) is 6.05. The molecule has 2 aromatic carbocycles. The molecule has 7 nitrogen and oxygen atoms in total. The molecule has 0 spiro atoms. The monoisotopic (exact) mass is 539 g/mol. The molecule has 0 amide bonds. The maximum Gasteiger partial charge on any atom is 0.336 e. The Morgan fingerprint density at radius 2 is 1.80 bits per heavy atom. The summed E-state index contributed by atoms with van der Waals surface area (Å²) in [4.78, 5) is 22.4. The Balaban J connectivity index is 2.04. The number of carboxylic acids is 1. The van der Waals surface area contributed by atoms with E-state index in [9.17, 15) is 9.90 Å². The van der Waals surface area contributed by atoms with Crippen LogP contribution in [0.15, 0.2) is 80.5 Å². The van der Waals surface area contributed by atoms with Gasteiger partial charge in [0.25, 0.3) is 0 Å². The van der Waals surface area contributed by atoms with E-state index < -0.39 is 5.97 Å². The van der Waals surface area contributed by atoms with Crippen molar-refractivity contribution in [3.05, 3.63) is 87.2 Å². The van der Waals surface area contributed by atoms with Crippen molar-refractivity contribution in [2.75, 3.05) is 32.9 Å². The largest absolute Gasteiger partial charge is 0.478 e. The highest BCUT2D eigenvalue weighted by Gasteiger charge is 2.11. The van der Waals surface area contributed by atoms with Gasteiger partial charge in [0.1, 0.15) is 0 Å². The summed E-state index contributed by atoms with van der Waals surface area (Å²) in [6, 6.07) is 14.8. The quantitative estimate of drug-likeness (QED) is 0.198. The number of nitrogens with one attached hydrogen (secondary N) is 1. The first-order chi connectivity index (χ1) is 16.7. The molecule has 0 aliphatic heterocycles. The van der Waals surface area contributed by atoms with Gasteiger partial charge < -0.3 is 21.1 Å². The summed E-state index contributed by atoms with van der Waals surface area (Å²) in [5, 5.41) is 12.8. The first-order valence-electron chi connectivity index (χ1n) is 11.4. The van der Waals surface area contributed by atoms with Crippen LogP contribution in [-0.2, 0) is 6.54 Å². The number of nitrogens with two attached hydrogens (primary N) is 1. The Morgan fingerprint density at radius 3 is 2.46 bits per heavy atom. The molecule has 0 atom stereocenters. The Labute approximate surface area is 216 Å². The third kappa shape index (κ3) is 9.15. The predicted octanol–water partition coefficient (Wildman–Crippen LogP) is 5.10. The minimum Gasteiger partial charge on any atom is -0.478 e. The molecule has 4 N–H and O–H groups in total. The molecular formula is C27H34BrN5O2. The van der Waals surface area contributed by atoms with Crippen molar-refractivity contribution in [2.45, 2.75) is 26.8 Å². The van der Waals surface area contributed by atoms with Crippen molar-refractivity contribution in [3.8, 4) is 0 Å². The molecule has 186 valence electrons. The maximum absolute atomic E-state index is 11.4. The van der Waals surface area contributed by atoms with Gasteiger partial charge in [-0.15, -0.1) is 0 Å². The van der Waals surface area contributed by atoms with Crippen molar-refractivity contribution in [2.24, 2.45) is 9.98 Å². The number of nitrogen functional groups attached to an aromatic ring is 1. The summed E-state index contributed by atoms with van der Waals surface area (Å²) in [5.74, 6) is -0.896. The van der Waals surface area contributed by atoms with E-state index in [0.717, 1.165) is 52.2 Å². The molecule has 8 heteroatoms. The summed E-state index contributed by atoms with van der Waals surface area (Å²) in [7, 11) is 3.71. The minimum absolute atomic E-state index is 0.351. The van der Waals surface area contributed by atoms with Crippen LogP contribution < -0.4 is 11.1 Å². The summed E-state index contributed by atoms with van der Waals surface area (Å²) in [5.41, 5.74) is 11.4. The second-order valence-electron chi connectivity index (χ2n) is 8.21. The zero-order valence-corrected chi connectivity index (χ0v) is 22.3. The highest BCUT2D eigenvalue weighted by Crippen LogP contribution is 2.18. The van der Waals surface area contributed by atoms with Crippen molar-refractivity contribution in [1.82, 2.24) is 10.2 Å². The number of hydrogen-bond donors (Lipinski definition) is 3. The van der Waals surface area contributed by atoms with E-state index in [1.54, 1.807) is 25.4 Å². The number of aliphatic imine (C=N–C) groups is 2. The van der Waals surface area contributed by atoms with Gasteiger partial charge in [-0.1, -0.05) is 36.4 Å². The number of hydrogen-bond acceptors (Lipinski definition) is 6. The second kappa shape index (κ2) is 14.2. The van der Waals surface area contributed by atoms with Gasteiger partial charge in [0, 0.05) is 43.3 Å². The molecule has 0 bridgehead atoms. The van der Waals surface area contributed by atoms with E-state index in [1.807, 2.05) is 63.4 Å². The van der Waals surface area contributed by atoms with Gasteiger partial charge in [-0.25, -0.2) is 4.79 Å². The van der Waals surface area contributed by atoms with E-state index in [0.29, 0.717) is 17.8 Å². The molecule has 0 aromatic heterocycles. The summed E-state index contributed by atoms with van der Waals surface area (Å²) in [6.07, 6.45) is 4.60. The first kappa shape index (κ1) is 28.0. The van der Waals surface area contributed by atoms with Gasteiger partial charge in [0.15, 0.2) is 0 Å². The van der Waals surface area contributed by atoms with Crippen LogP contribution >= 0.6 is 15.9 Å². The lowest BCUT2D eigenvalue weighted by atomic mass is 10.1. The minimum atomic E-state index is -0.896. The predicted molar refractivity (Wildman–Crippen MR) is 150 cm³/mol. The van der Waals surface area contributed by atoms with Crippen LogP contribution in [0.3, 0.4) is 0 Å². The average molecular weight is 541 g/mol. The molecule has 2 rings (SSSR count). The topological polar surface area (TPSA) is 103 Å². The summed E-state index contributed by atoms with van der Waals surface area (Å²) >= 11 is 3.51. The third-order valence-electron chi connectivity index (χ3n) is 5.27. The fourth-order valence-electron chi connectivity index (χ4n) is 3.47. The molecule has 2 aromatic rings. The fraction of sp³-hybridized carbons (Fsp3) is 0.296. The van der Waals surface area contributed by atoms with Gasteiger partial charge in [0.05, 0.1) is 21.5 Å². The molecule has 0 aliphatic carbocycles. The van der Waals surface area contributed by atoms with Gasteiger partial charge >= 0.3 is 5.97 Å². The van der Waals surface area contributed by atoms with Crippen LogP contribution in [0.25, 0.3) is 0 Å². The smallest absolute Gasteiger partial charge is 0.336 e. The molecular weight excluding hydrogens is 506 g/mol. The normalized spacial score (nSPS) is 13.3. The zero-order valence-electron chi connectivity index (χ0n) is 20.8. The molecule has 0 saturated carbocycles. The number of aromatic carboxylic acids is 1. The van der Waals surface area contributed by atoms with Crippen molar-refractivity contribution >= 4 is 39.5 Å². The number of benzene rings is 2. The van der Waals surface area contributed by atoms with Crippen LogP contribution in [0, 0.1) is 0 Å². The van der Waals surface area contributed by atoms with E-state index in [1.165, 1.54) is 0 Å². The SMILES string of the molecule is CN=C/C(Br)=C(C)/N=C(\C=C(/C)NCCCN(C)Cc1ccccc1C(=O)O)c1ccccc1N. The highest BCUT2D eigenvalue weighted by molar-refractivity contribution is 9.12. The van der Waals surface area contributed by atoms with E-state index in [2.05, 4.69) is 31.1 Å². The number of allylic oxidation sites excluding steroid dienone is 4. The highest BCUT2D eigenvalue weighted by atomic mass is 79.9. The number of rotatable bonds is 12. The number of para-hydroxylation sites is 1. The molecule has 0 saturated heterocycles. The molecule has 0 aliphatic rings. The Bertz CT molecular complexity index is 1140. The first-order valence-corrected chi connectivity index (χ1v) is 12.2. The van der Waals surface area contributed by atoms with Crippen molar-refractivity contribution in [3.63, 3.8) is 0 Å². The lowest BCUT2D eigenvalue weighted by Crippen LogP contribution is -2.24. The summed E-state index contributed by atoms with van der Waals surface area (Å²) in [6.45, 7) is 6.10. The van der Waals surface area contributed by atoms with Gasteiger partial charge in [-0.2, -0.15) is 0 Å². The Hall–Kier alpha value is -3.23. The van der Waals surface area contributed by atoms with Crippen LogP contribution in [0.5, 0.6) is 0 Å².